The van der Waals surface area contributed by atoms with Crippen LogP contribution in [0.15, 0.2) is 10.8 Å². The Bertz CT molecular complexity index is 415. The summed E-state index contributed by atoms with van der Waals surface area (Å²) in [6.45, 7) is 4.56. The number of aryl methyl sites for hydroxylation is 1. The predicted octanol–water partition coefficient (Wildman–Crippen LogP) is 0.807. The average molecular weight is 235 g/mol. The van der Waals surface area contributed by atoms with Gasteiger partial charge in [-0.1, -0.05) is 5.16 Å². The maximum Gasteiger partial charge on any atom is 0.259 e. The van der Waals surface area contributed by atoms with E-state index in [1.807, 2.05) is 4.90 Å². The van der Waals surface area contributed by atoms with E-state index < -0.39 is 0 Å². The van der Waals surface area contributed by atoms with Crippen LogP contribution in [-0.2, 0) is 0 Å². The highest BCUT2D eigenvalue weighted by molar-refractivity contribution is 5.95. The lowest BCUT2D eigenvalue weighted by Crippen LogP contribution is -2.41. The summed E-state index contributed by atoms with van der Waals surface area (Å²) >= 11 is 0. The highest BCUT2D eigenvalue weighted by Gasteiger charge is 2.37. The van der Waals surface area contributed by atoms with Gasteiger partial charge in [0.2, 0.25) is 0 Å². The molecule has 2 atom stereocenters. The highest BCUT2D eigenvalue weighted by atomic mass is 16.5. The second-order valence-electron chi connectivity index (χ2n) is 4.99. The second-order valence-corrected chi connectivity index (χ2v) is 4.99. The van der Waals surface area contributed by atoms with Gasteiger partial charge in [-0.2, -0.15) is 0 Å². The summed E-state index contributed by atoms with van der Waals surface area (Å²) in [6, 6.07) is 0.480. The van der Waals surface area contributed by atoms with E-state index in [1.165, 1.54) is 19.1 Å². The molecule has 1 amide bonds. The Labute approximate surface area is 100 Å². The number of hydrogen-bond donors (Lipinski definition) is 1. The van der Waals surface area contributed by atoms with Crippen LogP contribution >= 0.6 is 0 Å². The minimum Gasteiger partial charge on any atom is -0.364 e. The summed E-state index contributed by atoms with van der Waals surface area (Å²) in [6.07, 6.45) is 3.90. The van der Waals surface area contributed by atoms with Crippen molar-refractivity contribution in [1.82, 2.24) is 15.4 Å². The fraction of sp³-hybridized carbons (Fsp3) is 0.667. The minimum atomic E-state index is 0.0555. The van der Waals surface area contributed by atoms with Crippen molar-refractivity contribution in [3.05, 3.63) is 17.5 Å². The van der Waals surface area contributed by atoms with E-state index in [1.54, 1.807) is 6.92 Å². The molecule has 1 aromatic heterocycles. The molecule has 5 heteroatoms. The number of nitrogens with one attached hydrogen (secondary N) is 1. The Kier molecular flexibility index (Phi) is 2.63. The molecule has 0 aliphatic carbocycles. The van der Waals surface area contributed by atoms with Crippen molar-refractivity contribution in [2.75, 3.05) is 19.6 Å². The summed E-state index contributed by atoms with van der Waals surface area (Å²) in [7, 11) is 0. The smallest absolute Gasteiger partial charge is 0.259 e. The number of piperidine rings is 1. The fourth-order valence-electron chi connectivity index (χ4n) is 2.88. The van der Waals surface area contributed by atoms with Crippen molar-refractivity contribution < 1.29 is 9.32 Å². The number of hydrogen-bond acceptors (Lipinski definition) is 4. The first-order chi connectivity index (χ1) is 8.25. The molecule has 17 heavy (non-hydrogen) atoms. The van der Waals surface area contributed by atoms with Gasteiger partial charge in [-0.25, -0.2) is 0 Å². The van der Waals surface area contributed by atoms with E-state index >= 15 is 0 Å². The molecule has 2 aliphatic heterocycles. The molecule has 0 spiro atoms. The lowest BCUT2D eigenvalue weighted by atomic mass is 9.94. The van der Waals surface area contributed by atoms with Gasteiger partial charge >= 0.3 is 0 Å². The molecule has 3 heterocycles. The quantitative estimate of drug-likeness (QED) is 0.782. The molecule has 0 aromatic carbocycles. The summed E-state index contributed by atoms with van der Waals surface area (Å²) in [5, 5.41) is 7.25. The van der Waals surface area contributed by atoms with E-state index in [0.29, 0.717) is 23.2 Å². The van der Waals surface area contributed by atoms with Crippen LogP contribution in [0.5, 0.6) is 0 Å². The zero-order valence-electron chi connectivity index (χ0n) is 9.98. The molecule has 2 saturated heterocycles. The van der Waals surface area contributed by atoms with Crippen LogP contribution in [0.25, 0.3) is 0 Å². The average Bonchev–Trinajstić information content (AvgIpc) is 2.93. The molecule has 0 bridgehead atoms. The van der Waals surface area contributed by atoms with Gasteiger partial charge in [-0.05, 0) is 32.2 Å². The third-order valence-electron chi connectivity index (χ3n) is 3.87. The van der Waals surface area contributed by atoms with Crippen LogP contribution in [0, 0.1) is 12.8 Å². The maximum absolute atomic E-state index is 12.3. The van der Waals surface area contributed by atoms with Crippen molar-refractivity contribution in [2.24, 2.45) is 5.92 Å². The molecule has 1 aromatic rings. The van der Waals surface area contributed by atoms with Crippen LogP contribution in [0.3, 0.4) is 0 Å². The number of aromatic nitrogens is 1. The van der Waals surface area contributed by atoms with Crippen molar-refractivity contribution >= 4 is 5.91 Å². The first kappa shape index (κ1) is 10.8. The third kappa shape index (κ3) is 1.84. The molecule has 2 aliphatic rings. The third-order valence-corrected chi connectivity index (χ3v) is 3.87. The summed E-state index contributed by atoms with van der Waals surface area (Å²) < 4.78 is 4.83. The van der Waals surface area contributed by atoms with Crippen molar-refractivity contribution in [1.29, 1.82) is 0 Å². The number of carbonyl (C=O) groups excluding carboxylic acids is 1. The second kappa shape index (κ2) is 4.14. The lowest BCUT2D eigenvalue weighted by molar-refractivity contribution is 0.0784. The molecule has 2 unspecified atom stereocenters. The Balaban J connectivity index is 1.74. The summed E-state index contributed by atoms with van der Waals surface area (Å²) in [5.41, 5.74) is 1.28. The lowest BCUT2D eigenvalue weighted by Gasteiger charge is -2.24. The van der Waals surface area contributed by atoms with Gasteiger partial charge in [0.15, 0.2) is 0 Å². The van der Waals surface area contributed by atoms with Gasteiger partial charge in [0, 0.05) is 19.1 Å². The normalized spacial score (nSPS) is 28.2. The van der Waals surface area contributed by atoms with Gasteiger partial charge in [0.05, 0.1) is 5.69 Å². The van der Waals surface area contributed by atoms with Gasteiger partial charge < -0.3 is 14.7 Å². The zero-order chi connectivity index (χ0) is 11.8. The molecule has 2 fully saturated rings. The summed E-state index contributed by atoms with van der Waals surface area (Å²) in [4.78, 5) is 14.2. The molecular formula is C12H17N3O2. The maximum atomic E-state index is 12.3. The number of rotatable bonds is 1. The van der Waals surface area contributed by atoms with Crippen LogP contribution in [0.2, 0.25) is 0 Å². The van der Waals surface area contributed by atoms with Gasteiger partial charge in [0.25, 0.3) is 5.91 Å². The Morgan fingerprint density at radius 2 is 2.47 bits per heavy atom. The first-order valence-electron chi connectivity index (χ1n) is 6.19. The Morgan fingerprint density at radius 1 is 1.59 bits per heavy atom. The summed E-state index contributed by atoms with van der Waals surface area (Å²) in [5.74, 6) is 0.674. The number of fused-ring (bicyclic) bond motifs is 1. The van der Waals surface area contributed by atoms with Crippen LogP contribution in [0.4, 0.5) is 0 Å². The largest absolute Gasteiger partial charge is 0.364 e. The van der Waals surface area contributed by atoms with Crippen molar-refractivity contribution in [3.8, 4) is 0 Å². The molecule has 1 N–H and O–H groups in total. The van der Waals surface area contributed by atoms with Crippen LogP contribution in [0.1, 0.15) is 28.9 Å². The highest BCUT2D eigenvalue weighted by Crippen LogP contribution is 2.26. The number of likely N-dealkylation sites (tertiary alicyclic amines) is 1. The van der Waals surface area contributed by atoms with Crippen LogP contribution < -0.4 is 5.32 Å². The Morgan fingerprint density at radius 3 is 3.18 bits per heavy atom. The fourth-order valence-corrected chi connectivity index (χ4v) is 2.88. The van der Waals surface area contributed by atoms with E-state index in [2.05, 4.69) is 10.5 Å². The molecule has 3 rings (SSSR count). The molecule has 92 valence electrons. The monoisotopic (exact) mass is 235 g/mol. The topological polar surface area (TPSA) is 58.4 Å². The van der Waals surface area contributed by atoms with Crippen LogP contribution in [-0.4, -0.2) is 41.6 Å². The minimum absolute atomic E-state index is 0.0555. The molecular weight excluding hydrogens is 218 g/mol. The molecule has 5 nitrogen and oxygen atoms in total. The van der Waals surface area contributed by atoms with E-state index in [9.17, 15) is 4.79 Å². The predicted molar refractivity (Wildman–Crippen MR) is 61.7 cm³/mol. The Hall–Kier alpha value is -1.36. The van der Waals surface area contributed by atoms with Crippen molar-refractivity contribution in [2.45, 2.75) is 25.8 Å². The van der Waals surface area contributed by atoms with Gasteiger partial charge in [-0.15, -0.1) is 0 Å². The number of carbonyl (C=O) groups is 1. The first-order valence-corrected chi connectivity index (χ1v) is 6.19. The molecule has 0 saturated carbocycles. The standard InChI is InChI=1S/C12H17N3O2/c1-8-10(7-17-14-8)12(16)15-5-9-3-2-4-13-11(9)6-15/h7,9,11,13H,2-6H2,1H3. The van der Waals surface area contributed by atoms with E-state index in [0.717, 1.165) is 19.6 Å². The molecule has 0 radical (unpaired) electrons. The van der Waals surface area contributed by atoms with E-state index in [4.69, 9.17) is 4.52 Å². The van der Waals surface area contributed by atoms with E-state index in [-0.39, 0.29) is 5.91 Å². The number of amides is 1. The SMILES string of the molecule is Cc1nocc1C(=O)N1CC2CCCNC2C1. The van der Waals surface area contributed by atoms with Gasteiger partial charge in [0.1, 0.15) is 11.8 Å². The van der Waals surface area contributed by atoms with Gasteiger partial charge in [-0.3, -0.25) is 4.79 Å². The van der Waals surface area contributed by atoms with Crippen molar-refractivity contribution in [3.63, 3.8) is 0 Å². The number of nitrogens with zero attached hydrogens (tertiary/aromatic N) is 2. The zero-order valence-corrected chi connectivity index (χ0v) is 9.98.